The number of quaternary nitrogens is 1. The molecule has 0 aliphatic carbocycles. The van der Waals surface area contributed by atoms with E-state index in [1.54, 1.807) is 0 Å². The molecule has 0 saturated carbocycles. The first kappa shape index (κ1) is 11.8. The number of hydrogen-bond donors (Lipinski definition) is 4. The van der Waals surface area contributed by atoms with Crippen LogP contribution in [0.1, 0.15) is 0 Å². The largest absolute Gasteiger partial charge is 0.393 e. The molecule has 0 radical (unpaired) electrons. The second kappa shape index (κ2) is 5.45. The number of aliphatic hydroxyl groups is 2. The number of rotatable bonds is 6. The minimum atomic E-state index is -0.682. The van der Waals surface area contributed by atoms with E-state index in [9.17, 15) is 0 Å². The minimum Gasteiger partial charge on any atom is -0.393 e. The molecule has 74 valence electrons. The Morgan fingerprint density at radius 1 is 1.42 bits per heavy atom. The van der Waals surface area contributed by atoms with Crippen molar-refractivity contribution in [2.24, 2.45) is 0 Å². The highest BCUT2D eigenvalue weighted by Crippen LogP contribution is 1.98. The first-order chi connectivity index (χ1) is 5.52. The van der Waals surface area contributed by atoms with Crippen molar-refractivity contribution >= 4 is 0 Å². The van der Waals surface area contributed by atoms with E-state index in [4.69, 9.17) is 15.4 Å². The minimum absolute atomic E-state index is 0.214. The van der Waals surface area contributed by atoms with E-state index in [0.717, 1.165) is 0 Å². The summed E-state index contributed by atoms with van der Waals surface area (Å²) in [6.07, 6.45) is -0.682. The van der Waals surface area contributed by atoms with Crippen LogP contribution in [0, 0.1) is 0 Å². The molecule has 0 aliphatic rings. The van der Waals surface area contributed by atoms with E-state index < -0.39 is 6.10 Å². The molecular formula is C7H19N2O3+. The molecule has 1 atom stereocenters. The highest BCUT2D eigenvalue weighted by molar-refractivity contribution is 4.50. The number of hydrogen-bond acceptors (Lipinski definition) is 4. The topological polar surface area (TPSA) is 72.7 Å². The maximum Gasteiger partial charge on any atom is 0.126 e. The lowest BCUT2D eigenvalue weighted by Gasteiger charge is -2.31. The van der Waals surface area contributed by atoms with Gasteiger partial charge in [-0.2, -0.15) is 5.48 Å². The maximum atomic E-state index is 9.14. The Labute approximate surface area is 72.8 Å². The highest BCUT2D eigenvalue weighted by Gasteiger charge is 2.18. The molecule has 1 unspecified atom stereocenters. The van der Waals surface area contributed by atoms with Gasteiger partial charge in [0.1, 0.15) is 12.6 Å². The van der Waals surface area contributed by atoms with E-state index in [1.807, 2.05) is 14.1 Å². The summed E-state index contributed by atoms with van der Waals surface area (Å²) >= 11 is 0. The highest BCUT2D eigenvalue weighted by atomic mass is 16.5. The predicted molar refractivity (Wildman–Crippen MR) is 44.7 cm³/mol. The summed E-state index contributed by atoms with van der Waals surface area (Å²) in [6, 6.07) is 0. The summed E-state index contributed by atoms with van der Waals surface area (Å²) in [5.41, 5.74) is 2.06. The molecule has 0 spiro atoms. The van der Waals surface area contributed by atoms with Crippen molar-refractivity contribution in [2.45, 2.75) is 6.10 Å². The molecule has 0 saturated heterocycles. The molecule has 5 nitrogen and oxygen atoms in total. The van der Waals surface area contributed by atoms with Crippen molar-refractivity contribution in [3.63, 3.8) is 0 Å². The Hall–Kier alpha value is -0.200. The van der Waals surface area contributed by atoms with E-state index in [0.29, 0.717) is 24.1 Å². The Balaban J connectivity index is 3.69. The molecule has 12 heavy (non-hydrogen) atoms. The molecule has 0 fully saturated rings. The molecule has 4 N–H and O–H groups in total. The van der Waals surface area contributed by atoms with Crippen molar-refractivity contribution in [1.82, 2.24) is 5.48 Å². The monoisotopic (exact) mass is 179 g/mol. The molecule has 0 aliphatic heterocycles. The quantitative estimate of drug-likeness (QED) is 0.292. The number of hydroxylamine groups is 1. The first-order valence-corrected chi connectivity index (χ1v) is 3.99. The Morgan fingerprint density at radius 3 is 2.42 bits per heavy atom. The van der Waals surface area contributed by atoms with Crippen LogP contribution in [0.25, 0.3) is 0 Å². The van der Waals surface area contributed by atoms with Gasteiger partial charge in [-0.05, 0) is 0 Å². The van der Waals surface area contributed by atoms with Crippen LogP contribution in [-0.2, 0) is 0 Å². The lowest BCUT2D eigenvalue weighted by molar-refractivity contribution is -0.892. The standard InChI is InChI=1S/C7H19N2O3/c1-9(2,4-3-8-12)5-7(11)6-10/h7-8,10-12H,3-6H2,1-2H3/q+1. The Bertz CT molecular complexity index is 119. The number of likely N-dealkylation sites (N-methyl/N-ethyl adjacent to an activating group) is 1. The van der Waals surface area contributed by atoms with Gasteiger partial charge in [0.2, 0.25) is 0 Å². The molecule has 0 aromatic rings. The zero-order valence-electron chi connectivity index (χ0n) is 7.69. The second-order valence-corrected chi connectivity index (χ2v) is 3.59. The van der Waals surface area contributed by atoms with Crippen LogP contribution in [0.5, 0.6) is 0 Å². The molecule has 0 bridgehead atoms. The van der Waals surface area contributed by atoms with Gasteiger partial charge < -0.3 is 19.9 Å². The van der Waals surface area contributed by atoms with Crippen LogP contribution < -0.4 is 5.48 Å². The molecule has 5 heteroatoms. The molecule has 0 rings (SSSR count). The van der Waals surface area contributed by atoms with Crippen LogP contribution in [0.2, 0.25) is 0 Å². The summed E-state index contributed by atoms with van der Waals surface area (Å²) in [5.74, 6) is 0. The van der Waals surface area contributed by atoms with Crippen LogP contribution in [0.4, 0.5) is 0 Å². The average molecular weight is 179 g/mol. The Kier molecular flexibility index (Phi) is 5.36. The van der Waals surface area contributed by atoms with E-state index in [-0.39, 0.29) is 6.61 Å². The van der Waals surface area contributed by atoms with Crippen molar-refractivity contribution in [1.29, 1.82) is 0 Å². The van der Waals surface area contributed by atoms with Crippen LogP contribution in [0.3, 0.4) is 0 Å². The van der Waals surface area contributed by atoms with Gasteiger partial charge in [0, 0.05) is 0 Å². The zero-order chi connectivity index (χ0) is 9.61. The smallest absolute Gasteiger partial charge is 0.126 e. The van der Waals surface area contributed by atoms with Crippen molar-refractivity contribution in [3.8, 4) is 0 Å². The fraction of sp³-hybridized carbons (Fsp3) is 1.00. The number of nitrogens with zero attached hydrogens (tertiary/aromatic N) is 1. The molecule has 0 heterocycles. The van der Waals surface area contributed by atoms with Gasteiger partial charge in [0.25, 0.3) is 0 Å². The van der Waals surface area contributed by atoms with Crippen LogP contribution in [0.15, 0.2) is 0 Å². The molecular weight excluding hydrogens is 160 g/mol. The van der Waals surface area contributed by atoms with Gasteiger partial charge in [-0.15, -0.1) is 0 Å². The van der Waals surface area contributed by atoms with E-state index in [1.165, 1.54) is 0 Å². The van der Waals surface area contributed by atoms with Gasteiger partial charge in [0.05, 0.1) is 33.8 Å². The van der Waals surface area contributed by atoms with Gasteiger partial charge >= 0.3 is 0 Å². The van der Waals surface area contributed by atoms with Crippen molar-refractivity contribution in [2.75, 3.05) is 40.3 Å². The van der Waals surface area contributed by atoms with Gasteiger partial charge in [-0.25, -0.2) is 0 Å². The van der Waals surface area contributed by atoms with Gasteiger partial charge in [0.15, 0.2) is 0 Å². The summed E-state index contributed by atoms with van der Waals surface area (Å²) in [7, 11) is 3.85. The fourth-order valence-electron chi connectivity index (χ4n) is 1.07. The number of nitrogens with one attached hydrogen (secondary N) is 1. The van der Waals surface area contributed by atoms with Gasteiger partial charge in [-0.1, -0.05) is 0 Å². The molecule has 0 aromatic carbocycles. The normalized spacial score (nSPS) is 14.8. The molecule has 0 aromatic heterocycles. The van der Waals surface area contributed by atoms with E-state index >= 15 is 0 Å². The van der Waals surface area contributed by atoms with Crippen LogP contribution >= 0.6 is 0 Å². The third-order valence-corrected chi connectivity index (χ3v) is 1.74. The summed E-state index contributed by atoms with van der Waals surface area (Å²) < 4.78 is 0.565. The second-order valence-electron chi connectivity index (χ2n) is 3.59. The molecule has 0 amide bonds. The van der Waals surface area contributed by atoms with Crippen molar-refractivity contribution in [3.05, 3.63) is 0 Å². The zero-order valence-corrected chi connectivity index (χ0v) is 7.69. The fourth-order valence-corrected chi connectivity index (χ4v) is 1.07. The summed E-state index contributed by atoms with van der Waals surface area (Å²) in [4.78, 5) is 0. The Morgan fingerprint density at radius 2 is 2.00 bits per heavy atom. The first-order valence-electron chi connectivity index (χ1n) is 3.99. The third kappa shape index (κ3) is 5.45. The maximum absolute atomic E-state index is 9.14. The van der Waals surface area contributed by atoms with Crippen molar-refractivity contribution < 1.29 is 19.9 Å². The van der Waals surface area contributed by atoms with E-state index in [2.05, 4.69) is 5.48 Å². The summed E-state index contributed by atoms with van der Waals surface area (Å²) in [6.45, 7) is 1.45. The SMILES string of the molecule is C[N+](C)(CCNO)CC(O)CO. The lowest BCUT2D eigenvalue weighted by atomic mass is 10.3. The third-order valence-electron chi connectivity index (χ3n) is 1.74. The number of aliphatic hydroxyl groups excluding tert-OH is 2. The lowest BCUT2D eigenvalue weighted by Crippen LogP contribution is -2.49. The average Bonchev–Trinajstić information content (AvgIpc) is 2.00. The van der Waals surface area contributed by atoms with Gasteiger partial charge in [-0.3, -0.25) is 0 Å². The summed E-state index contributed by atoms with van der Waals surface area (Å²) in [5, 5.41) is 26.1. The predicted octanol–water partition coefficient (Wildman–Crippen LogP) is -1.61. The van der Waals surface area contributed by atoms with Crippen LogP contribution in [-0.4, -0.2) is 66.3 Å².